The van der Waals surface area contributed by atoms with Crippen LogP contribution in [0.15, 0.2) is 30.3 Å². The van der Waals surface area contributed by atoms with Crippen molar-refractivity contribution in [2.45, 2.75) is 0 Å². The highest BCUT2D eigenvalue weighted by molar-refractivity contribution is 6.29. The molecule has 0 bridgehead atoms. The number of morpholine rings is 1. The Morgan fingerprint density at radius 3 is 2.70 bits per heavy atom. The van der Waals surface area contributed by atoms with Crippen molar-refractivity contribution in [3.05, 3.63) is 35.5 Å². The smallest absolute Gasteiger partial charge is 0.163 e. The van der Waals surface area contributed by atoms with Gasteiger partial charge in [-0.15, -0.1) is 0 Å². The van der Waals surface area contributed by atoms with Crippen LogP contribution in [0, 0.1) is 0 Å². The van der Waals surface area contributed by atoms with Crippen molar-refractivity contribution in [1.82, 2.24) is 9.97 Å². The van der Waals surface area contributed by atoms with Gasteiger partial charge in [0.1, 0.15) is 16.7 Å². The first-order valence-electron chi connectivity index (χ1n) is 6.39. The molecule has 1 aliphatic rings. The van der Waals surface area contributed by atoms with E-state index in [4.69, 9.17) is 16.3 Å². The van der Waals surface area contributed by atoms with E-state index >= 15 is 0 Å². The molecule has 0 aliphatic carbocycles. The van der Waals surface area contributed by atoms with Gasteiger partial charge in [-0.25, -0.2) is 9.97 Å². The highest BCUT2D eigenvalue weighted by Gasteiger charge is 2.15. The molecule has 0 atom stereocenters. The molecule has 0 radical (unpaired) electrons. The lowest BCUT2D eigenvalue weighted by molar-refractivity contribution is 0.122. The number of halogens is 1. The number of hydrogen-bond donors (Lipinski definition) is 1. The van der Waals surface area contributed by atoms with E-state index in [0.717, 1.165) is 24.5 Å². The van der Waals surface area contributed by atoms with Crippen molar-refractivity contribution in [2.75, 3.05) is 31.2 Å². The Labute approximate surface area is 121 Å². The van der Waals surface area contributed by atoms with E-state index in [-0.39, 0.29) is 5.75 Å². The molecule has 2 heterocycles. The van der Waals surface area contributed by atoms with Gasteiger partial charge in [0.05, 0.1) is 13.2 Å². The number of aromatic hydroxyl groups is 1. The molecule has 6 heteroatoms. The first kappa shape index (κ1) is 13.1. The fraction of sp³-hybridized carbons (Fsp3) is 0.286. The second kappa shape index (κ2) is 5.64. The van der Waals surface area contributed by atoms with E-state index in [1.165, 1.54) is 0 Å². The Hall–Kier alpha value is -1.85. The van der Waals surface area contributed by atoms with E-state index in [2.05, 4.69) is 14.9 Å². The van der Waals surface area contributed by atoms with Crippen LogP contribution < -0.4 is 4.90 Å². The lowest BCUT2D eigenvalue weighted by Crippen LogP contribution is -2.36. The van der Waals surface area contributed by atoms with E-state index < -0.39 is 0 Å². The summed E-state index contributed by atoms with van der Waals surface area (Å²) in [6.07, 6.45) is 0. The number of rotatable bonds is 2. The van der Waals surface area contributed by atoms with Crippen molar-refractivity contribution in [3.8, 4) is 17.1 Å². The average molecular weight is 292 g/mol. The molecular formula is C14H14ClN3O2. The minimum atomic E-state index is 0.180. The number of nitrogens with zero attached hydrogens (tertiary/aromatic N) is 3. The van der Waals surface area contributed by atoms with Crippen LogP contribution in [0.2, 0.25) is 5.15 Å². The van der Waals surface area contributed by atoms with Crippen LogP contribution in [0.25, 0.3) is 11.4 Å². The minimum absolute atomic E-state index is 0.180. The Morgan fingerprint density at radius 2 is 1.95 bits per heavy atom. The molecule has 0 unspecified atom stereocenters. The number of phenolic OH excluding ortho intramolecular Hbond substituents is 1. The maximum absolute atomic E-state index is 9.55. The lowest BCUT2D eigenvalue weighted by atomic mass is 10.2. The molecule has 2 aromatic rings. The number of benzene rings is 1. The standard InChI is InChI=1S/C14H14ClN3O2/c15-12-9-13(18-4-6-20-7-5-18)17-14(16-12)10-2-1-3-11(19)8-10/h1-3,8-9,19H,4-7H2. The normalized spacial score (nSPS) is 15.3. The molecule has 0 spiro atoms. The highest BCUT2D eigenvalue weighted by atomic mass is 35.5. The summed E-state index contributed by atoms with van der Waals surface area (Å²) in [5.41, 5.74) is 0.738. The third-order valence-corrected chi connectivity index (χ3v) is 3.31. The third-order valence-electron chi connectivity index (χ3n) is 3.12. The summed E-state index contributed by atoms with van der Waals surface area (Å²) in [4.78, 5) is 10.9. The second-order valence-corrected chi connectivity index (χ2v) is 4.91. The average Bonchev–Trinajstić information content (AvgIpc) is 2.47. The molecule has 1 fully saturated rings. The van der Waals surface area contributed by atoms with E-state index in [9.17, 15) is 5.11 Å². The van der Waals surface area contributed by atoms with Gasteiger partial charge in [0.2, 0.25) is 0 Å². The quantitative estimate of drug-likeness (QED) is 0.861. The van der Waals surface area contributed by atoms with Crippen LogP contribution >= 0.6 is 11.6 Å². The monoisotopic (exact) mass is 291 g/mol. The summed E-state index contributed by atoms with van der Waals surface area (Å²) in [5, 5.41) is 9.93. The van der Waals surface area contributed by atoms with E-state index in [1.807, 2.05) is 6.07 Å². The zero-order chi connectivity index (χ0) is 13.9. The molecule has 1 aromatic heterocycles. The van der Waals surface area contributed by atoms with Crippen LogP contribution in [-0.2, 0) is 4.74 Å². The summed E-state index contributed by atoms with van der Waals surface area (Å²) < 4.78 is 5.33. The van der Waals surface area contributed by atoms with Crippen molar-refractivity contribution >= 4 is 17.4 Å². The van der Waals surface area contributed by atoms with Gasteiger partial charge in [-0.1, -0.05) is 23.7 Å². The summed E-state index contributed by atoms with van der Waals surface area (Å²) in [6.45, 7) is 2.94. The van der Waals surface area contributed by atoms with Gasteiger partial charge >= 0.3 is 0 Å². The Morgan fingerprint density at radius 1 is 1.15 bits per heavy atom. The molecule has 0 saturated carbocycles. The fourth-order valence-corrected chi connectivity index (χ4v) is 2.31. The van der Waals surface area contributed by atoms with Crippen molar-refractivity contribution in [3.63, 3.8) is 0 Å². The zero-order valence-corrected chi connectivity index (χ0v) is 11.5. The Kier molecular flexibility index (Phi) is 3.71. The summed E-state index contributed by atoms with van der Waals surface area (Å²) >= 11 is 6.09. The molecule has 20 heavy (non-hydrogen) atoms. The number of ether oxygens (including phenoxy) is 1. The summed E-state index contributed by atoms with van der Waals surface area (Å²) in [7, 11) is 0. The molecule has 1 saturated heterocycles. The van der Waals surface area contributed by atoms with Gasteiger partial charge in [-0.2, -0.15) is 0 Å². The molecule has 104 valence electrons. The molecule has 1 N–H and O–H groups in total. The summed E-state index contributed by atoms with van der Waals surface area (Å²) in [6, 6.07) is 8.57. The van der Waals surface area contributed by atoms with Crippen LogP contribution in [0.1, 0.15) is 0 Å². The van der Waals surface area contributed by atoms with Gasteiger partial charge in [-0.3, -0.25) is 0 Å². The fourth-order valence-electron chi connectivity index (χ4n) is 2.13. The maximum Gasteiger partial charge on any atom is 0.163 e. The Bertz CT molecular complexity index is 615. The second-order valence-electron chi connectivity index (χ2n) is 4.52. The van der Waals surface area contributed by atoms with Crippen molar-refractivity contribution in [1.29, 1.82) is 0 Å². The van der Waals surface area contributed by atoms with Gasteiger partial charge in [0, 0.05) is 24.7 Å². The third kappa shape index (κ3) is 2.84. The number of hydrogen-bond acceptors (Lipinski definition) is 5. The number of aromatic nitrogens is 2. The van der Waals surface area contributed by atoms with Crippen molar-refractivity contribution < 1.29 is 9.84 Å². The molecule has 1 aliphatic heterocycles. The first-order chi connectivity index (χ1) is 9.72. The van der Waals surface area contributed by atoms with Gasteiger partial charge in [0.25, 0.3) is 0 Å². The molecular weight excluding hydrogens is 278 g/mol. The van der Waals surface area contributed by atoms with Crippen LogP contribution in [-0.4, -0.2) is 41.4 Å². The predicted octanol–water partition coefficient (Wildman–Crippen LogP) is 2.34. The Balaban J connectivity index is 1.97. The van der Waals surface area contributed by atoms with Crippen molar-refractivity contribution in [2.24, 2.45) is 0 Å². The van der Waals surface area contributed by atoms with Crippen LogP contribution in [0.3, 0.4) is 0 Å². The predicted molar refractivity (Wildman–Crippen MR) is 77.2 cm³/mol. The highest BCUT2D eigenvalue weighted by Crippen LogP contribution is 2.25. The van der Waals surface area contributed by atoms with Crippen LogP contribution in [0.4, 0.5) is 5.82 Å². The zero-order valence-electron chi connectivity index (χ0n) is 10.8. The molecule has 5 nitrogen and oxygen atoms in total. The number of anilines is 1. The first-order valence-corrected chi connectivity index (χ1v) is 6.77. The molecule has 0 amide bonds. The van der Waals surface area contributed by atoms with Gasteiger partial charge in [-0.05, 0) is 12.1 Å². The maximum atomic E-state index is 9.55. The van der Waals surface area contributed by atoms with E-state index in [0.29, 0.717) is 24.2 Å². The largest absolute Gasteiger partial charge is 0.508 e. The molecule has 1 aromatic carbocycles. The van der Waals surface area contributed by atoms with E-state index in [1.54, 1.807) is 24.3 Å². The lowest BCUT2D eigenvalue weighted by Gasteiger charge is -2.28. The molecule has 3 rings (SSSR count). The number of phenols is 1. The SMILES string of the molecule is Oc1cccc(-c2nc(Cl)cc(N3CCOCC3)n2)c1. The topological polar surface area (TPSA) is 58.5 Å². The summed E-state index contributed by atoms with van der Waals surface area (Å²) in [5.74, 6) is 1.47. The van der Waals surface area contributed by atoms with Gasteiger partial charge < -0.3 is 14.7 Å². The van der Waals surface area contributed by atoms with Crippen LogP contribution in [0.5, 0.6) is 5.75 Å². The van der Waals surface area contributed by atoms with Gasteiger partial charge in [0.15, 0.2) is 5.82 Å². The minimum Gasteiger partial charge on any atom is -0.508 e.